The van der Waals surface area contributed by atoms with Crippen molar-refractivity contribution < 1.29 is 0 Å². The monoisotopic (exact) mass is 309 g/mol. The zero-order valence-electron chi connectivity index (χ0n) is 12.1. The van der Waals surface area contributed by atoms with Gasteiger partial charge >= 0.3 is 0 Å². The number of nitrogens with zero attached hydrogens (tertiary/aromatic N) is 2. The lowest BCUT2D eigenvalue weighted by Gasteiger charge is -2.19. The largest absolute Gasteiger partial charge is 0.305 e. The molecule has 0 aliphatic carbocycles. The summed E-state index contributed by atoms with van der Waals surface area (Å²) >= 11 is 7.74. The average Bonchev–Trinajstić information content (AvgIpc) is 2.91. The zero-order chi connectivity index (χ0) is 14.5. The summed E-state index contributed by atoms with van der Waals surface area (Å²) in [6.07, 6.45) is 1.99. The molecule has 0 bridgehead atoms. The molecule has 0 radical (unpaired) electrons. The summed E-state index contributed by atoms with van der Waals surface area (Å²) < 4.78 is 4.11. The quantitative estimate of drug-likeness (QED) is 0.871. The lowest BCUT2D eigenvalue weighted by Crippen LogP contribution is -2.23. The third kappa shape index (κ3) is 3.37. The summed E-state index contributed by atoms with van der Waals surface area (Å²) in [5.74, 6) is 0. The maximum Gasteiger partial charge on any atom is 0.0804 e. The van der Waals surface area contributed by atoms with Gasteiger partial charge in [0.05, 0.1) is 16.6 Å². The second-order valence-electron chi connectivity index (χ2n) is 4.83. The van der Waals surface area contributed by atoms with Crippen molar-refractivity contribution in [2.45, 2.75) is 39.7 Å². The summed E-state index contributed by atoms with van der Waals surface area (Å²) in [4.78, 5) is 1.20. The summed E-state index contributed by atoms with van der Waals surface area (Å²) in [7, 11) is 0. The van der Waals surface area contributed by atoms with Crippen LogP contribution in [0, 0.1) is 6.92 Å². The lowest BCUT2D eigenvalue weighted by atomic mass is 10.0. The van der Waals surface area contributed by atoms with Crippen molar-refractivity contribution in [3.63, 3.8) is 0 Å². The molecular weight excluding hydrogens is 290 g/mol. The fraction of sp³-hybridized carbons (Fsp3) is 0.467. The van der Waals surface area contributed by atoms with E-state index in [0.717, 1.165) is 35.7 Å². The molecule has 20 heavy (non-hydrogen) atoms. The number of halogens is 1. The highest BCUT2D eigenvalue weighted by atomic mass is 35.5. The Balaban J connectivity index is 2.38. The van der Waals surface area contributed by atoms with Gasteiger partial charge in [0.1, 0.15) is 0 Å². The highest BCUT2D eigenvalue weighted by Gasteiger charge is 2.20. The topological polar surface area (TPSA) is 37.8 Å². The normalized spacial score (nSPS) is 12.6. The van der Waals surface area contributed by atoms with E-state index in [-0.39, 0.29) is 6.04 Å². The second kappa shape index (κ2) is 7.16. The molecular formula is C15H20ClN3S. The fourth-order valence-electron chi connectivity index (χ4n) is 2.12. The minimum Gasteiger partial charge on any atom is -0.305 e. The van der Waals surface area contributed by atoms with Crippen LogP contribution >= 0.6 is 23.1 Å². The van der Waals surface area contributed by atoms with Crippen molar-refractivity contribution in [3.8, 4) is 0 Å². The van der Waals surface area contributed by atoms with Crippen LogP contribution < -0.4 is 5.32 Å². The molecule has 3 nitrogen and oxygen atoms in total. The summed E-state index contributed by atoms with van der Waals surface area (Å²) in [6, 6.07) is 6.37. The third-order valence-electron chi connectivity index (χ3n) is 3.31. The van der Waals surface area contributed by atoms with Crippen LogP contribution in [0.1, 0.15) is 48.0 Å². The number of aryl methyl sites for hydroxylation is 2. The SMILES string of the molecule is CCCNC(c1ccc(C)c(Cl)c1)c1snnc1CC. The molecule has 1 N–H and O–H groups in total. The first-order valence-corrected chi connectivity index (χ1v) is 8.13. The predicted molar refractivity (Wildman–Crippen MR) is 85.6 cm³/mol. The number of hydrogen-bond acceptors (Lipinski definition) is 4. The molecule has 1 unspecified atom stereocenters. The molecule has 1 atom stereocenters. The van der Waals surface area contributed by atoms with Gasteiger partial charge in [0.15, 0.2) is 0 Å². The van der Waals surface area contributed by atoms with Crippen molar-refractivity contribution in [2.24, 2.45) is 0 Å². The van der Waals surface area contributed by atoms with Crippen molar-refractivity contribution in [3.05, 3.63) is 44.9 Å². The molecule has 0 saturated heterocycles. The lowest BCUT2D eigenvalue weighted by molar-refractivity contribution is 0.601. The van der Waals surface area contributed by atoms with Crippen molar-refractivity contribution in [1.29, 1.82) is 0 Å². The minimum absolute atomic E-state index is 0.128. The predicted octanol–water partition coefficient (Wildman–Crippen LogP) is 4.15. The van der Waals surface area contributed by atoms with Gasteiger partial charge in [-0.15, -0.1) is 5.10 Å². The van der Waals surface area contributed by atoms with Gasteiger partial charge in [-0.3, -0.25) is 0 Å². The summed E-state index contributed by atoms with van der Waals surface area (Å²) in [6.45, 7) is 7.25. The van der Waals surface area contributed by atoms with Crippen LogP contribution in [-0.2, 0) is 6.42 Å². The Labute approximate surface area is 129 Å². The van der Waals surface area contributed by atoms with E-state index in [0.29, 0.717) is 0 Å². The number of benzene rings is 1. The van der Waals surface area contributed by atoms with Gasteiger partial charge in [0.25, 0.3) is 0 Å². The standard InChI is InChI=1S/C15H20ClN3S/c1-4-8-17-14(15-13(5-2)18-19-20-15)11-7-6-10(3)12(16)9-11/h6-7,9,14,17H,4-5,8H2,1-3H3. The molecule has 0 aliphatic rings. The van der Waals surface area contributed by atoms with E-state index in [9.17, 15) is 0 Å². The molecule has 108 valence electrons. The van der Waals surface area contributed by atoms with E-state index in [1.807, 2.05) is 13.0 Å². The van der Waals surface area contributed by atoms with Crippen LogP contribution in [0.25, 0.3) is 0 Å². The molecule has 0 spiro atoms. The molecule has 0 amide bonds. The van der Waals surface area contributed by atoms with Gasteiger partial charge < -0.3 is 5.32 Å². The Hall–Kier alpha value is -0.970. The Bertz CT molecular complexity index is 568. The van der Waals surface area contributed by atoms with Crippen LogP contribution in [0.4, 0.5) is 0 Å². The minimum atomic E-state index is 0.128. The molecule has 1 heterocycles. The van der Waals surface area contributed by atoms with Crippen molar-refractivity contribution in [2.75, 3.05) is 6.54 Å². The molecule has 2 rings (SSSR count). The van der Waals surface area contributed by atoms with Crippen LogP contribution in [0.5, 0.6) is 0 Å². The van der Waals surface area contributed by atoms with Gasteiger partial charge in [-0.2, -0.15) is 0 Å². The molecule has 1 aromatic heterocycles. The van der Waals surface area contributed by atoms with E-state index >= 15 is 0 Å². The summed E-state index contributed by atoms with van der Waals surface area (Å²) in [5, 5.41) is 8.61. The molecule has 0 saturated carbocycles. The van der Waals surface area contributed by atoms with Crippen molar-refractivity contribution >= 4 is 23.1 Å². The maximum atomic E-state index is 6.27. The van der Waals surface area contributed by atoms with Crippen LogP contribution in [0.3, 0.4) is 0 Å². The van der Waals surface area contributed by atoms with E-state index in [2.05, 4.69) is 40.9 Å². The maximum absolute atomic E-state index is 6.27. The highest BCUT2D eigenvalue weighted by molar-refractivity contribution is 7.05. The Morgan fingerprint density at radius 2 is 2.15 bits per heavy atom. The number of hydrogen-bond donors (Lipinski definition) is 1. The second-order valence-corrected chi connectivity index (χ2v) is 6.03. The van der Waals surface area contributed by atoms with Crippen LogP contribution in [0.2, 0.25) is 5.02 Å². The van der Waals surface area contributed by atoms with Crippen molar-refractivity contribution in [1.82, 2.24) is 14.9 Å². The fourth-order valence-corrected chi connectivity index (χ4v) is 3.15. The average molecular weight is 310 g/mol. The first kappa shape index (κ1) is 15.4. The van der Waals surface area contributed by atoms with Gasteiger partial charge in [-0.25, -0.2) is 0 Å². The molecule has 1 aromatic carbocycles. The smallest absolute Gasteiger partial charge is 0.0804 e. The number of nitrogens with one attached hydrogen (secondary N) is 1. The summed E-state index contributed by atoms with van der Waals surface area (Å²) in [5.41, 5.74) is 3.35. The van der Waals surface area contributed by atoms with E-state index < -0.39 is 0 Å². The molecule has 5 heteroatoms. The van der Waals surface area contributed by atoms with E-state index in [1.54, 1.807) is 0 Å². The van der Waals surface area contributed by atoms with Gasteiger partial charge in [0, 0.05) is 5.02 Å². The first-order valence-electron chi connectivity index (χ1n) is 6.97. The Morgan fingerprint density at radius 1 is 1.35 bits per heavy atom. The van der Waals surface area contributed by atoms with Gasteiger partial charge in [-0.05, 0) is 55.0 Å². The van der Waals surface area contributed by atoms with E-state index in [4.69, 9.17) is 11.6 Å². The first-order chi connectivity index (χ1) is 9.67. The molecule has 2 aromatic rings. The zero-order valence-corrected chi connectivity index (χ0v) is 13.7. The third-order valence-corrected chi connectivity index (χ3v) is 4.55. The number of aromatic nitrogens is 2. The molecule has 0 aliphatic heterocycles. The van der Waals surface area contributed by atoms with Crippen LogP contribution in [0.15, 0.2) is 18.2 Å². The molecule has 0 fully saturated rings. The van der Waals surface area contributed by atoms with Gasteiger partial charge in [0.2, 0.25) is 0 Å². The van der Waals surface area contributed by atoms with E-state index in [1.165, 1.54) is 22.0 Å². The highest BCUT2D eigenvalue weighted by Crippen LogP contribution is 2.30. The number of rotatable bonds is 6. The Morgan fingerprint density at radius 3 is 2.80 bits per heavy atom. The Kier molecular flexibility index (Phi) is 5.52. The van der Waals surface area contributed by atoms with Crippen LogP contribution in [-0.4, -0.2) is 16.1 Å². The van der Waals surface area contributed by atoms with Gasteiger partial charge in [-0.1, -0.05) is 42.1 Å².